The van der Waals surface area contributed by atoms with Crippen molar-refractivity contribution in [2.45, 2.75) is 63.5 Å². The highest BCUT2D eigenvalue weighted by Gasteiger charge is 2.57. The molecule has 7 heteroatoms. The lowest BCUT2D eigenvalue weighted by atomic mass is 9.64. The van der Waals surface area contributed by atoms with Gasteiger partial charge >= 0.3 is 5.97 Å². The van der Waals surface area contributed by atoms with Crippen LogP contribution in [0.25, 0.3) is 0 Å². The summed E-state index contributed by atoms with van der Waals surface area (Å²) in [5.74, 6) is -0.0907. The molecule has 3 saturated heterocycles. The third-order valence-corrected chi connectivity index (χ3v) is 6.36. The topological polar surface area (TPSA) is 87.7 Å². The molecule has 1 aromatic rings. The van der Waals surface area contributed by atoms with E-state index in [1.54, 1.807) is 0 Å². The lowest BCUT2D eigenvalue weighted by molar-refractivity contribution is -0.156. The Morgan fingerprint density at radius 2 is 1.77 bits per heavy atom. The number of hydrogen-bond donors (Lipinski definition) is 2. The average molecular weight is 414 g/mol. The second kappa shape index (κ2) is 7.69. The Morgan fingerprint density at radius 1 is 1.13 bits per heavy atom. The molecule has 4 aliphatic rings. The maximum atomic E-state index is 12.2. The second-order valence-corrected chi connectivity index (χ2v) is 9.89. The molecular weight excluding hydrogens is 382 g/mol. The Bertz CT molecular complexity index is 829. The number of carbonyl (C=O) groups excluding carboxylic acids is 3. The summed E-state index contributed by atoms with van der Waals surface area (Å²) in [5, 5.41) is 5.80. The minimum absolute atomic E-state index is 0.0414. The zero-order valence-electron chi connectivity index (χ0n) is 18.0. The maximum Gasteiger partial charge on any atom is 0.320 e. The molecule has 30 heavy (non-hydrogen) atoms. The molecule has 7 nitrogen and oxygen atoms in total. The molecule has 162 valence electrons. The van der Waals surface area contributed by atoms with Crippen LogP contribution in [-0.4, -0.2) is 53.5 Å². The molecule has 0 radical (unpaired) electrons. The van der Waals surface area contributed by atoms with E-state index >= 15 is 0 Å². The SMILES string of the molecule is CC(C)(C)OC(=O)CN1CCC(c2ccc(NC34CC(C3)C(=O)NC4=O)cc2)CC1. The molecule has 2 bridgehead atoms. The zero-order valence-corrected chi connectivity index (χ0v) is 18.0. The lowest BCUT2D eigenvalue weighted by Crippen LogP contribution is -2.69. The van der Waals surface area contributed by atoms with Crippen molar-refractivity contribution >= 4 is 23.5 Å². The number of carbonyl (C=O) groups is 3. The summed E-state index contributed by atoms with van der Waals surface area (Å²) in [6.07, 6.45) is 3.17. The minimum atomic E-state index is -0.632. The van der Waals surface area contributed by atoms with Gasteiger partial charge in [-0.15, -0.1) is 0 Å². The number of nitrogens with one attached hydrogen (secondary N) is 2. The van der Waals surface area contributed by atoms with E-state index in [1.807, 2.05) is 32.9 Å². The first-order chi connectivity index (χ1) is 14.1. The summed E-state index contributed by atoms with van der Waals surface area (Å²) in [7, 11) is 0. The molecule has 2 N–H and O–H groups in total. The highest BCUT2D eigenvalue weighted by atomic mass is 16.6. The van der Waals surface area contributed by atoms with Crippen LogP contribution < -0.4 is 10.6 Å². The fourth-order valence-electron chi connectivity index (χ4n) is 4.74. The number of hydrogen-bond acceptors (Lipinski definition) is 6. The summed E-state index contributed by atoms with van der Waals surface area (Å²) < 4.78 is 5.42. The molecule has 0 spiro atoms. The van der Waals surface area contributed by atoms with E-state index < -0.39 is 11.1 Å². The average Bonchev–Trinajstić information content (AvgIpc) is 2.62. The molecule has 3 aliphatic heterocycles. The van der Waals surface area contributed by atoms with Crippen LogP contribution in [0.1, 0.15) is 57.9 Å². The quantitative estimate of drug-likeness (QED) is 0.569. The summed E-state index contributed by atoms with van der Waals surface area (Å²) in [4.78, 5) is 38.0. The molecule has 5 rings (SSSR count). The van der Waals surface area contributed by atoms with Crippen molar-refractivity contribution in [3.63, 3.8) is 0 Å². The first-order valence-electron chi connectivity index (χ1n) is 10.8. The van der Waals surface area contributed by atoms with E-state index in [-0.39, 0.29) is 23.7 Å². The third kappa shape index (κ3) is 4.36. The number of amides is 2. The van der Waals surface area contributed by atoms with Gasteiger partial charge in [-0.3, -0.25) is 24.6 Å². The number of imide groups is 1. The lowest BCUT2D eigenvalue weighted by Gasteiger charge is -2.50. The van der Waals surface area contributed by atoms with Gasteiger partial charge in [-0.2, -0.15) is 0 Å². The normalized spacial score (nSPS) is 27.2. The van der Waals surface area contributed by atoms with Gasteiger partial charge in [0.15, 0.2) is 0 Å². The number of benzene rings is 1. The summed E-state index contributed by atoms with van der Waals surface area (Å²) >= 11 is 0. The van der Waals surface area contributed by atoms with Gasteiger partial charge in [0.05, 0.1) is 6.54 Å². The third-order valence-electron chi connectivity index (χ3n) is 6.36. The minimum Gasteiger partial charge on any atom is -0.459 e. The van der Waals surface area contributed by atoms with Crippen molar-refractivity contribution in [3.8, 4) is 0 Å². The van der Waals surface area contributed by atoms with Crippen molar-refractivity contribution in [1.82, 2.24) is 10.2 Å². The molecule has 1 saturated carbocycles. The molecule has 0 aromatic heterocycles. The molecule has 4 fully saturated rings. The first-order valence-corrected chi connectivity index (χ1v) is 10.8. The van der Waals surface area contributed by atoms with E-state index in [0.717, 1.165) is 31.6 Å². The van der Waals surface area contributed by atoms with Crippen LogP contribution in [-0.2, 0) is 19.1 Å². The van der Waals surface area contributed by atoms with Crippen molar-refractivity contribution in [3.05, 3.63) is 29.8 Å². The predicted octanol–water partition coefficient (Wildman–Crippen LogP) is 2.42. The van der Waals surface area contributed by atoms with Crippen LogP contribution in [0.3, 0.4) is 0 Å². The second-order valence-electron chi connectivity index (χ2n) is 9.89. The van der Waals surface area contributed by atoms with Crippen LogP contribution in [0.15, 0.2) is 24.3 Å². The Balaban J connectivity index is 1.28. The summed E-state index contributed by atoms with van der Waals surface area (Å²) in [5.41, 5.74) is 1.11. The van der Waals surface area contributed by atoms with E-state index in [4.69, 9.17) is 4.74 Å². The highest BCUT2D eigenvalue weighted by molar-refractivity contribution is 6.08. The molecule has 0 atom stereocenters. The number of piperidine rings is 3. The van der Waals surface area contributed by atoms with E-state index in [1.165, 1.54) is 5.56 Å². The molecule has 1 aliphatic carbocycles. The Morgan fingerprint density at radius 3 is 2.33 bits per heavy atom. The van der Waals surface area contributed by atoms with Gasteiger partial charge in [0.1, 0.15) is 11.1 Å². The van der Waals surface area contributed by atoms with Crippen LogP contribution in [0, 0.1) is 5.92 Å². The molecular formula is C23H31N3O4. The highest BCUT2D eigenvalue weighted by Crippen LogP contribution is 2.44. The monoisotopic (exact) mass is 413 g/mol. The first kappa shape index (κ1) is 20.8. The summed E-state index contributed by atoms with van der Waals surface area (Å²) in [6, 6.07) is 8.28. The summed E-state index contributed by atoms with van der Waals surface area (Å²) in [6.45, 7) is 7.77. The predicted molar refractivity (Wildman–Crippen MR) is 113 cm³/mol. The van der Waals surface area contributed by atoms with Crippen LogP contribution in [0.2, 0.25) is 0 Å². The van der Waals surface area contributed by atoms with Gasteiger partial charge in [-0.05, 0) is 83.2 Å². The fourth-order valence-corrected chi connectivity index (χ4v) is 4.74. The Labute approximate surface area is 177 Å². The number of fused-ring (bicyclic) bond motifs is 2. The van der Waals surface area contributed by atoms with E-state index in [2.05, 4.69) is 27.7 Å². The van der Waals surface area contributed by atoms with E-state index in [0.29, 0.717) is 25.3 Å². The van der Waals surface area contributed by atoms with Gasteiger partial charge in [0, 0.05) is 11.6 Å². The molecule has 1 aromatic carbocycles. The Kier molecular flexibility index (Phi) is 5.34. The number of ether oxygens (including phenoxy) is 1. The zero-order chi connectivity index (χ0) is 21.5. The van der Waals surface area contributed by atoms with Gasteiger partial charge in [0.2, 0.25) is 5.91 Å². The Hall–Kier alpha value is -2.41. The van der Waals surface area contributed by atoms with Gasteiger partial charge in [-0.25, -0.2) is 0 Å². The van der Waals surface area contributed by atoms with Gasteiger partial charge in [0.25, 0.3) is 5.91 Å². The van der Waals surface area contributed by atoms with Gasteiger partial charge in [-0.1, -0.05) is 12.1 Å². The number of anilines is 1. The van der Waals surface area contributed by atoms with Crippen LogP contribution >= 0.6 is 0 Å². The number of rotatable bonds is 5. The van der Waals surface area contributed by atoms with Crippen LogP contribution in [0.4, 0.5) is 5.69 Å². The van der Waals surface area contributed by atoms with Crippen molar-refractivity contribution in [1.29, 1.82) is 0 Å². The molecule has 0 unspecified atom stereocenters. The van der Waals surface area contributed by atoms with E-state index in [9.17, 15) is 14.4 Å². The van der Waals surface area contributed by atoms with Crippen molar-refractivity contribution < 1.29 is 19.1 Å². The number of nitrogens with zero attached hydrogens (tertiary/aromatic N) is 1. The molecule has 2 amide bonds. The smallest absolute Gasteiger partial charge is 0.320 e. The fraction of sp³-hybridized carbons (Fsp3) is 0.609. The van der Waals surface area contributed by atoms with Crippen molar-refractivity contribution in [2.75, 3.05) is 25.0 Å². The maximum absolute atomic E-state index is 12.2. The largest absolute Gasteiger partial charge is 0.459 e. The standard InChI is InChI=1S/C23H31N3O4/c1-22(2,3)30-19(27)14-26-10-8-16(9-11-26)15-4-6-18(7-5-15)25-23-12-17(13-23)20(28)24-21(23)29/h4-7,16-17,25H,8-14H2,1-3H3,(H,24,28,29). The molecule has 3 heterocycles. The number of esters is 1. The van der Waals surface area contributed by atoms with Crippen molar-refractivity contribution in [2.24, 2.45) is 5.92 Å². The van der Waals surface area contributed by atoms with Gasteiger partial charge < -0.3 is 10.1 Å². The number of likely N-dealkylation sites (tertiary alicyclic amines) is 1. The van der Waals surface area contributed by atoms with Crippen LogP contribution in [0.5, 0.6) is 0 Å².